The van der Waals surface area contributed by atoms with Crippen molar-refractivity contribution < 1.29 is 23.6 Å². The molecule has 7 nitrogen and oxygen atoms in total. The predicted octanol–water partition coefficient (Wildman–Crippen LogP) is 6.79. The Bertz CT molecular complexity index is 1180. The van der Waals surface area contributed by atoms with Gasteiger partial charge in [0.25, 0.3) is 5.69 Å². The van der Waals surface area contributed by atoms with E-state index in [1.54, 1.807) is 17.0 Å². The number of rotatable bonds is 4. The smallest absolute Gasteiger partial charge is 0.302 e. The Labute approximate surface area is 230 Å². The van der Waals surface area contributed by atoms with E-state index in [0.717, 1.165) is 38.5 Å². The van der Waals surface area contributed by atoms with E-state index >= 15 is 4.39 Å². The number of nitro groups is 1. The average Bonchev–Trinajstić information content (AvgIpc) is 2.88. The summed E-state index contributed by atoms with van der Waals surface area (Å²) in [6, 6.07) is 5.71. The highest BCUT2D eigenvalue weighted by Crippen LogP contribution is 2.65. The Morgan fingerprint density at radius 3 is 2.41 bits per heavy atom. The van der Waals surface area contributed by atoms with Crippen LogP contribution >= 0.6 is 0 Å². The van der Waals surface area contributed by atoms with Crippen LogP contribution in [-0.4, -0.2) is 35.1 Å². The van der Waals surface area contributed by atoms with Gasteiger partial charge in [0.2, 0.25) is 5.91 Å². The predicted molar refractivity (Wildman–Crippen MR) is 147 cm³/mol. The molecule has 0 unspecified atom stereocenters. The third-order valence-electron chi connectivity index (χ3n) is 11.0. The first-order valence-corrected chi connectivity index (χ1v) is 14.4. The molecule has 0 spiro atoms. The van der Waals surface area contributed by atoms with E-state index in [4.69, 9.17) is 4.74 Å². The molecule has 0 aliphatic heterocycles. The fourth-order valence-electron chi connectivity index (χ4n) is 9.05. The first kappa shape index (κ1) is 27.8. The molecule has 212 valence electrons. The molecule has 1 aromatic carbocycles. The number of amides is 1. The van der Waals surface area contributed by atoms with Crippen LogP contribution in [-0.2, 0) is 14.3 Å². The number of anilines is 1. The molecule has 9 atom stereocenters. The number of esters is 1. The summed E-state index contributed by atoms with van der Waals surface area (Å²) in [6.45, 7) is 9.36. The van der Waals surface area contributed by atoms with Crippen LogP contribution in [0.4, 0.5) is 15.8 Å². The van der Waals surface area contributed by atoms with Gasteiger partial charge in [-0.3, -0.25) is 19.7 Å². The summed E-state index contributed by atoms with van der Waals surface area (Å²) >= 11 is 0. The second-order valence-corrected chi connectivity index (χ2v) is 13.0. The van der Waals surface area contributed by atoms with Crippen molar-refractivity contribution in [2.24, 2.45) is 34.5 Å². The monoisotopic (exact) mass is 540 g/mol. The number of nitro benzene ring substituents is 1. The van der Waals surface area contributed by atoms with Gasteiger partial charge in [-0.15, -0.1) is 0 Å². The Morgan fingerprint density at radius 1 is 1.10 bits per heavy atom. The van der Waals surface area contributed by atoms with Crippen molar-refractivity contribution in [3.05, 3.63) is 46.0 Å². The Balaban J connectivity index is 1.46. The second kappa shape index (κ2) is 10.0. The molecule has 0 bridgehead atoms. The SMILES string of the molecule is CC(=O)O[C@H]1CC[C@@]2(C)C(=CC[C@H]3[C@@H]4C[C@H](N(C(C)=O)c5ccc([N+](=O)[O-])cc5)[C@@H](C)[C@H](F)[C@@]4(C)CC[C@@H]32)C1. The molecule has 1 amide bonds. The Kier molecular flexibility index (Phi) is 7.13. The minimum absolute atomic E-state index is 0.0178. The zero-order chi connectivity index (χ0) is 28.3. The summed E-state index contributed by atoms with van der Waals surface area (Å²) in [5.41, 5.74) is 1.50. The molecule has 1 aromatic rings. The number of alkyl halides is 1. The highest BCUT2D eigenvalue weighted by atomic mass is 19.1. The number of hydrogen-bond donors (Lipinski definition) is 0. The van der Waals surface area contributed by atoms with Crippen LogP contribution < -0.4 is 4.90 Å². The summed E-state index contributed by atoms with van der Waals surface area (Å²) in [4.78, 5) is 37.0. The Morgan fingerprint density at radius 2 is 1.79 bits per heavy atom. The van der Waals surface area contributed by atoms with E-state index in [-0.39, 0.29) is 47.0 Å². The molecule has 0 aromatic heterocycles. The molecular formula is C31H41FN2O5. The first-order valence-electron chi connectivity index (χ1n) is 14.4. The number of allylic oxidation sites excluding steroid dienone is 1. The standard InChI is InChI=1S/C31H41FN2O5/c1-18-28(33(19(2)35)22-7-9-23(10-8-22)34(37)38)17-27-25-11-6-21-16-24(39-20(3)36)12-14-30(21,4)26(25)13-15-31(27,5)29(18)32/h6-10,18,24-29H,11-17H2,1-5H3/t18-,24+,25-,26+,27+,28+,29+,30+,31+/m1/s1. The van der Waals surface area contributed by atoms with Crippen LogP contribution in [0.3, 0.4) is 0 Å². The highest BCUT2D eigenvalue weighted by molar-refractivity contribution is 5.92. The van der Waals surface area contributed by atoms with Crippen LogP contribution in [0, 0.1) is 44.6 Å². The molecule has 8 heteroatoms. The van der Waals surface area contributed by atoms with Gasteiger partial charge in [0, 0.05) is 55.5 Å². The first-order chi connectivity index (χ1) is 18.4. The number of ether oxygens (including phenoxy) is 1. The van der Waals surface area contributed by atoms with Crippen molar-refractivity contribution in [3.8, 4) is 0 Å². The summed E-state index contributed by atoms with van der Waals surface area (Å²) in [5.74, 6) is 0.109. The normalized spacial score (nSPS) is 39.3. The van der Waals surface area contributed by atoms with Gasteiger partial charge in [0.1, 0.15) is 12.3 Å². The number of non-ortho nitro benzene ring substituents is 1. The molecule has 3 saturated carbocycles. The van der Waals surface area contributed by atoms with Crippen LogP contribution in [0.5, 0.6) is 0 Å². The maximum Gasteiger partial charge on any atom is 0.302 e. The van der Waals surface area contributed by atoms with E-state index in [1.807, 2.05) is 6.92 Å². The van der Waals surface area contributed by atoms with Gasteiger partial charge in [0.05, 0.1) is 4.92 Å². The lowest BCUT2D eigenvalue weighted by Crippen LogP contribution is -2.62. The third kappa shape index (κ3) is 4.57. The number of halogens is 1. The van der Waals surface area contributed by atoms with Gasteiger partial charge in [0.15, 0.2) is 0 Å². The lowest BCUT2D eigenvalue weighted by Gasteiger charge is -2.63. The van der Waals surface area contributed by atoms with Crippen molar-refractivity contribution >= 4 is 23.3 Å². The summed E-state index contributed by atoms with van der Waals surface area (Å²) in [7, 11) is 0. The summed E-state index contributed by atoms with van der Waals surface area (Å²) in [6.07, 6.45) is 7.23. The van der Waals surface area contributed by atoms with Crippen molar-refractivity contribution in [2.75, 3.05) is 4.90 Å². The van der Waals surface area contributed by atoms with Gasteiger partial charge < -0.3 is 9.64 Å². The average molecular weight is 541 g/mol. The van der Waals surface area contributed by atoms with E-state index in [2.05, 4.69) is 19.9 Å². The van der Waals surface area contributed by atoms with Crippen LogP contribution in [0.15, 0.2) is 35.9 Å². The molecule has 4 aliphatic rings. The number of carbonyl (C=O) groups excluding carboxylic acids is 2. The lowest BCUT2D eigenvalue weighted by atomic mass is 9.44. The zero-order valence-electron chi connectivity index (χ0n) is 23.7. The van der Waals surface area contributed by atoms with Crippen molar-refractivity contribution in [2.45, 2.75) is 97.9 Å². The highest BCUT2D eigenvalue weighted by Gasteiger charge is 2.61. The molecule has 0 saturated heterocycles. The van der Waals surface area contributed by atoms with Gasteiger partial charge in [-0.05, 0) is 73.8 Å². The summed E-state index contributed by atoms with van der Waals surface area (Å²) in [5, 5.41) is 11.2. The molecular weight excluding hydrogens is 499 g/mol. The van der Waals surface area contributed by atoms with E-state index in [0.29, 0.717) is 23.9 Å². The molecule has 5 rings (SSSR count). The van der Waals surface area contributed by atoms with Gasteiger partial charge in [-0.25, -0.2) is 4.39 Å². The van der Waals surface area contributed by atoms with Crippen molar-refractivity contribution in [1.29, 1.82) is 0 Å². The number of hydrogen-bond acceptors (Lipinski definition) is 5. The fourth-order valence-corrected chi connectivity index (χ4v) is 9.05. The maximum atomic E-state index is 16.5. The fraction of sp³-hybridized carbons (Fsp3) is 0.677. The number of nitrogens with zero attached hydrogens (tertiary/aromatic N) is 2. The van der Waals surface area contributed by atoms with Gasteiger partial charge in [-0.2, -0.15) is 0 Å². The quantitative estimate of drug-likeness (QED) is 0.181. The van der Waals surface area contributed by atoms with Gasteiger partial charge >= 0.3 is 5.97 Å². The van der Waals surface area contributed by atoms with Crippen LogP contribution in [0.25, 0.3) is 0 Å². The molecule has 39 heavy (non-hydrogen) atoms. The molecule has 0 heterocycles. The van der Waals surface area contributed by atoms with E-state index < -0.39 is 16.5 Å². The number of fused-ring (bicyclic) bond motifs is 5. The lowest BCUT2D eigenvalue weighted by molar-refractivity contribution is -0.384. The number of benzene rings is 1. The number of carbonyl (C=O) groups is 2. The van der Waals surface area contributed by atoms with Gasteiger partial charge in [-0.1, -0.05) is 32.4 Å². The van der Waals surface area contributed by atoms with Crippen molar-refractivity contribution in [3.63, 3.8) is 0 Å². The largest absolute Gasteiger partial charge is 0.462 e. The molecule has 4 aliphatic carbocycles. The molecule has 0 N–H and O–H groups in total. The summed E-state index contributed by atoms with van der Waals surface area (Å²) < 4.78 is 22.1. The molecule has 0 radical (unpaired) electrons. The van der Waals surface area contributed by atoms with E-state index in [9.17, 15) is 19.7 Å². The van der Waals surface area contributed by atoms with E-state index in [1.165, 1.54) is 31.6 Å². The second-order valence-electron chi connectivity index (χ2n) is 13.0. The minimum Gasteiger partial charge on any atom is -0.462 e. The maximum absolute atomic E-state index is 16.5. The topological polar surface area (TPSA) is 89.8 Å². The Hall–Kier alpha value is -2.77. The van der Waals surface area contributed by atoms with Crippen LogP contribution in [0.2, 0.25) is 0 Å². The van der Waals surface area contributed by atoms with Crippen LogP contribution in [0.1, 0.15) is 79.6 Å². The van der Waals surface area contributed by atoms with Crippen molar-refractivity contribution in [1.82, 2.24) is 0 Å². The third-order valence-corrected chi connectivity index (χ3v) is 11.0. The zero-order valence-corrected chi connectivity index (χ0v) is 23.7. The molecule has 3 fully saturated rings. The minimum atomic E-state index is -1.06.